The third-order valence-electron chi connectivity index (χ3n) is 4.89. The summed E-state index contributed by atoms with van der Waals surface area (Å²) in [6, 6.07) is 17.2. The zero-order chi connectivity index (χ0) is 20.3. The fraction of sp³-hybridized carbons (Fsp3) is 0.182. The van der Waals surface area contributed by atoms with Crippen LogP contribution in [-0.2, 0) is 4.79 Å². The quantitative estimate of drug-likeness (QED) is 0.459. The van der Waals surface area contributed by atoms with Crippen molar-refractivity contribution >= 4 is 44.1 Å². The molecule has 0 aliphatic heterocycles. The highest BCUT2D eigenvalue weighted by atomic mass is 79.9. The lowest BCUT2D eigenvalue weighted by atomic mass is 9.88. The Hall–Kier alpha value is -2.44. The van der Waals surface area contributed by atoms with Gasteiger partial charge in [0.1, 0.15) is 10.6 Å². The van der Waals surface area contributed by atoms with Crippen LogP contribution in [0.1, 0.15) is 35.7 Å². The smallest absolute Gasteiger partial charge is 0.339 e. The predicted octanol–water partition coefficient (Wildman–Crippen LogP) is 6.25. The van der Waals surface area contributed by atoms with Crippen molar-refractivity contribution < 1.29 is 14.7 Å². The number of hydrogen-bond donors (Lipinski definition) is 2. The molecule has 0 aliphatic rings. The maximum Gasteiger partial charge on any atom is 0.339 e. The number of carbonyl (C=O) groups excluding carboxylic acids is 1. The average molecular weight is 458 g/mol. The Labute approximate surface area is 176 Å². The lowest BCUT2D eigenvalue weighted by Crippen LogP contribution is -2.25. The van der Waals surface area contributed by atoms with E-state index in [4.69, 9.17) is 0 Å². The van der Waals surface area contributed by atoms with Crippen LogP contribution in [0.4, 0.5) is 5.00 Å². The van der Waals surface area contributed by atoms with Crippen LogP contribution in [0.15, 0.2) is 64.5 Å². The third kappa shape index (κ3) is 4.34. The Kier molecular flexibility index (Phi) is 6.31. The number of thiophene rings is 1. The van der Waals surface area contributed by atoms with Gasteiger partial charge in [-0.2, -0.15) is 0 Å². The Morgan fingerprint density at radius 3 is 2.29 bits per heavy atom. The van der Waals surface area contributed by atoms with E-state index in [1.54, 1.807) is 5.38 Å². The molecule has 0 saturated carbocycles. The zero-order valence-electron chi connectivity index (χ0n) is 15.5. The molecule has 0 fully saturated rings. The summed E-state index contributed by atoms with van der Waals surface area (Å²) in [5, 5.41) is 14.7. The third-order valence-corrected chi connectivity index (χ3v) is 6.31. The average Bonchev–Trinajstić information content (AvgIpc) is 3.11. The number of amides is 1. The summed E-state index contributed by atoms with van der Waals surface area (Å²) < 4.78 is 0.917. The number of nitrogens with one attached hydrogen (secondary N) is 1. The van der Waals surface area contributed by atoms with Gasteiger partial charge in [0.25, 0.3) is 0 Å². The van der Waals surface area contributed by atoms with Crippen molar-refractivity contribution in [2.45, 2.75) is 19.8 Å². The van der Waals surface area contributed by atoms with Crippen molar-refractivity contribution in [1.29, 1.82) is 0 Å². The van der Waals surface area contributed by atoms with Gasteiger partial charge in [0, 0.05) is 21.3 Å². The maximum atomic E-state index is 12.8. The molecule has 0 radical (unpaired) electrons. The molecule has 28 heavy (non-hydrogen) atoms. The lowest BCUT2D eigenvalue weighted by molar-refractivity contribution is -0.119. The molecule has 2 atom stereocenters. The molecule has 0 spiro atoms. The van der Waals surface area contributed by atoms with Gasteiger partial charge >= 0.3 is 5.97 Å². The van der Waals surface area contributed by atoms with Gasteiger partial charge < -0.3 is 10.4 Å². The molecule has 2 unspecified atom stereocenters. The van der Waals surface area contributed by atoms with Crippen LogP contribution < -0.4 is 5.32 Å². The molecule has 1 amide bonds. The Balaban J connectivity index is 1.85. The second-order valence-corrected chi connectivity index (χ2v) is 8.44. The molecule has 144 valence electrons. The second-order valence-electron chi connectivity index (χ2n) is 6.64. The maximum absolute atomic E-state index is 12.8. The number of benzene rings is 2. The van der Waals surface area contributed by atoms with Gasteiger partial charge in [-0.1, -0.05) is 72.2 Å². The Morgan fingerprint density at radius 1 is 1.04 bits per heavy atom. The van der Waals surface area contributed by atoms with E-state index in [1.807, 2.05) is 68.4 Å². The van der Waals surface area contributed by atoms with E-state index in [2.05, 4.69) is 21.2 Å². The van der Waals surface area contributed by atoms with Crippen molar-refractivity contribution in [3.63, 3.8) is 0 Å². The van der Waals surface area contributed by atoms with E-state index >= 15 is 0 Å². The van der Waals surface area contributed by atoms with E-state index in [0.29, 0.717) is 10.6 Å². The summed E-state index contributed by atoms with van der Waals surface area (Å²) in [7, 11) is 0. The number of carbonyl (C=O) groups is 2. The first-order chi connectivity index (χ1) is 13.4. The van der Waals surface area contributed by atoms with Crippen molar-refractivity contribution in [2.75, 3.05) is 5.32 Å². The number of carboxylic acids is 1. The summed E-state index contributed by atoms with van der Waals surface area (Å²) >= 11 is 4.61. The topological polar surface area (TPSA) is 66.4 Å². The molecular weight excluding hydrogens is 438 g/mol. The number of aromatic carboxylic acids is 1. The van der Waals surface area contributed by atoms with Gasteiger partial charge in [-0.05, 0) is 29.2 Å². The summed E-state index contributed by atoms with van der Waals surface area (Å²) in [5.74, 6) is -1.54. The summed E-state index contributed by atoms with van der Waals surface area (Å²) in [5.41, 5.74) is 2.60. The predicted molar refractivity (Wildman–Crippen MR) is 117 cm³/mol. The van der Waals surface area contributed by atoms with E-state index in [9.17, 15) is 14.7 Å². The molecule has 4 nitrogen and oxygen atoms in total. The number of hydrogen-bond acceptors (Lipinski definition) is 3. The molecule has 2 N–H and O–H groups in total. The SMILES string of the molecule is CC(C(=O)Nc1scc(-c2ccc(Br)cc2)c1C(=O)O)C(C)c1ccccc1. The minimum absolute atomic E-state index is 0.0142. The van der Waals surface area contributed by atoms with Crippen molar-refractivity contribution in [3.8, 4) is 11.1 Å². The number of anilines is 1. The molecule has 1 heterocycles. The molecule has 0 bridgehead atoms. The van der Waals surface area contributed by atoms with E-state index in [0.717, 1.165) is 15.6 Å². The van der Waals surface area contributed by atoms with Crippen molar-refractivity contribution in [3.05, 3.63) is 75.6 Å². The van der Waals surface area contributed by atoms with Crippen LogP contribution in [-0.4, -0.2) is 17.0 Å². The highest BCUT2D eigenvalue weighted by Crippen LogP contribution is 2.37. The number of rotatable bonds is 6. The van der Waals surface area contributed by atoms with Crippen molar-refractivity contribution in [1.82, 2.24) is 0 Å². The Morgan fingerprint density at radius 2 is 1.68 bits per heavy atom. The van der Waals surface area contributed by atoms with Gasteiger partial charge in [0.2, 0.25) is 5.91 Å². The van der Waals surface area contributed by atoms with Gasteiger partial charge in [-0.15, -0.1) is 11.3 Å². The van der Waals surface area contributed by atoms with Crippen LogP contribution in [0.3, 0.4) is 0 Å². The minimum atomic E-state index is -1.06. The summed E-state index contributed by atoms with van der Waals surface area (Å²) in [6.45, 7) is 3.86. The highest BCUT2D eigenvalue weighted by Gasteiger charge is 2.25. The molecule has 1 aromatic heterocycles. The van der Waals surface area contributed by atoms with Crippen LogP contribution >= 0.6 is 27.3 Å². The Bertz CT molecular complexity index is 983. The lowest BCUT2D eigenvalue weighted by Gasteiger charge is -2.19. The molecule has 0 saturated heterocycles. The molecule has 2 aromatic carbocycles. The molecule has 6 heteroatoms. The first-order valence-corrected chi connectivity index (χ1v) is 10.5. The summed E-state index contributed by atoms with van der Waals surface area (Å²) in [4.78, 5) is 24.7. The molecular formula is C22H20BrNO3S. The first-order valence-electron chi connectivity index (χ1n) is 8.85. The second kappa shape index (κ2) is 8.71. The fourth-order valence-corrected chi connectivity index (χ4v) is 4.23. The van der Waals surface area contributed by atoms with E-state index in [-0.39, 0.29) is 23.3 Å². The van der Waals surface area contributed by atoms with Gasteiger partial charge in [-0.3, -0.25) is 4.79 Å². The molecule has 3 aromatic rings. The molecule has 3 rings (SSSR count). The number of carboxylic acid groups (broad SMARTS) is 1. The minimum Gasteiger partial charge on any atom is -0.478 e. The summed E-state index contributed by atoms with van der Waals surface area (Å²) in [6.07, 6.45) is 0. The van der Waals surface area contributed by atoms with Gasteiger partial charge in [0.15, 0.2) is 0 Å². The first kappa shape index (κ1) is 20.3. The van der Waals surface area contributed by atoms with E-state index in [1.165, 1.54) is 11.3 Å². The standard InChI is InChI=1S/C22H20BrNO3S/c1-13(15-6-4-3-5-7-15)14(2)20(25)24-21-19(22(26)27)18(12-28-21)16-8-10-17(23)11-9-16/h3-14H,1-2H3,(H,24,25)(H,26,27). The van der Waals surface area contributed by atoms with E-state index < -0.39 is 5.97 Å². The van der Waals surface area contributed by atoms with Gasteiger partial charge in [-0.25, -0.2) is 4.79 Å². The number of halogens is 1. The molecule has 0 aliphatic carbocycles. The van der Waals surface area contributed by atoms with Crippen LogP contribution in [0.25, 0.3) is 11.1 Å². The largest absolute Gasteiger partial charge is 0.478 e. The van der Waals surface area contributed by atoms with Crippen molar-refractivity contribution in [2.24, 2.45) is 5.92 Å². The monoisotopic (exact) mass is 457 g/mol. The van der Waals surface area contributed by atoms with Crippen LogP contribution in [0.5, 0.6) is 0 Å². The van der Waals surface area contributed by atoms with Crippen LogP contribution in [0, 0.1) is 5.92 Å². The fourth-order valence-electron chi connectivity index (χ4n) is 3.00. The van der Waals surface area contributed by atoms with Crippen LogP contribution in [0.2, 0.25) is 0 Å². The highest BCUT2D eigenvalue weighted by molar-refractivity contribution is 9.10. The normalized spacial score (nSPS) is 13.0. The zero-order valence-corrected chi connectivity index (χ0v) is 17.9. The van der Waals surface area contributed by atoms with Gasteiger partial charge in [0.05, 0.1) is 0 Å².